The van der Waals surface area contributed by atoms with Crippen molar-refractivity contribution in [3.8, 4) is 0 Å². The molecular formula is C17H15ClN2O4. The number of para-hydroxylation sites is 2. The van der Waals surface area contributed by atoms with Gasteiger partial charge >= 0.3 is 12.0 Å². The Bertz CT molecular complexity index is 793. The van der Waals surface area contributed by atoms with E-state index in [1.807, 2.05) is 0 Å². The van der Waals surface area contributed by atoms with Gasteiger partial charge in [-0.25, -0.2) is 9.44 Å². The fourth-order valence-electron chi connectivity index (χ4n) is 2.79. The highest BCUT2D eigenvalue weighted by Gasteiger charge is 2.45. The number of fused-ring (bicyclic) bond motifs is 1. The first-order chi connectivity index (χ1) is 11.4. The van der Waals surface area contributed by atoms with Crippen molar-refractivity contribution in [2.75, 3.05) is 11.4 Å². The van der Waals surface area contributed by atoms with Crippen LogP contribution in [-0.2, 0) is 11.3 Å². The monoisotopic (exact) mass is 346 g/mol. The molecule has 1 aliphatic rings. The summed E-state index contributed by atoms with van der Waals surface area (Å²) in [5.74, 6) is -1.11. The lowest BCUT2D eigenvalue weighted by Gasteiger charge is -2.34. The molecule has 0 radical (unpaired) electrons. The highest BCUT2D eigenvalue weighted by Crippen LogP contribution is 2.42. The van der Waals surface area contributed by atoms with Gasteiger partial charge in [0.15, 0.2) is 5.69 Å². The Morgan fingerprint density at radius 1 is 1.17 bits per heavy atom. The third-order valence-corrected chi connectivity index (χ3v) is 4.25. The molecule has 0 fully saturated rings. The van der Waals surface area contributed by atoms with Gasteiger partial charge in [0.25, 0.3) is 0 Å². The van der Waals surface area contributed by atoms with Crippen LogP contribution in [0, 0.1) is 5.21 Å². The van der Waals surface area contributed by atoms with Crippen LogP contribution in [0.2, 0.25) is 5.02 Å². The fraction of sp³-hybridized carbons (Fsp3) is 0.176. The number of hydroxylamine groups is 2. The van der Waals surface area contributed by atoms with Crippen LogP contribution < -0.4 is 9.55 Å². The zero-order valence-corrected chi connectivity index (χ0v) is 13.4. The molecule has 7 heteroatoms. The number of rotatable bonds is 5. The molecule has 1 atom stereocenters. The molecule has 0 aliphatic carbocycles. The average molecular weight is 347 g/mol. The van der Waals surface area contributed by atoms with E-state index in [0.29, 0.717) is 10.7 Å². The Morgan fingerprint density at radius 2 is 1.83 bits per heavy atom. The Morgan fingerprint density at radius 3 is 2.50 bits per heavy atom. The van der Waals surface area contributed by atoms with Gasteiger partial charge in [0, 0.05) is 11.1 Å². The van der Waals surface area contributed by atoms with Crippen molar-refractivity contribution in [2.45, 2.75) is 13.0 Å². The van der Waals surface area contributed by atoms with Crippen molar-refractivity contribution in [1.29, 1.82) is 0 Å². The third-order valence-electron chi connectivity index (χ3n) is 4.00. The number of amides is 2. The van der Waals surface area contributed by atoms with Crippen molar-refractivity contribution < 1.29 is 14.7 Å². The molecule has 0 spiro atoms. The van der Waals surface area contributed by atoms with Crippen LogP contribution in [0.4, 0.5) is 16.2 Å². The van der Waals surface area contributed by atoms with E-state index in [9.17, 15) is 14.8 Å². The zero-order chi connectivity index (χ0) is 17.3. The third kappa shape index (κ3) is 2.87. The molecule has 1 heterocycles. The largest absolute Gasteiger partial charge is 0.618 e. The highest BCUT2D eigenvalue weighted by molar-refractivity contribution is 6.30. The van der Waals surface area contributed by atoms with Crippen molar-refractivity contribution in [3.05, 3.63) is 64.3 Å². The number of urea groups is 1. The summed E-state index contributed by atoms with van der Waals surface area (Å²) in [5.41, 5.74) is 1.62. The Labute approximate surface area is 143 Å². The molecule has 0 bridgehead atoms. The van der Waals surface area contributed by atoms with Crippen molar-refractivity contribution in [3.63, 3.8) is 0 Å². The lowest BCUT2D eigenvalue weighted by atomic mass is 10.2. The molecule has 3 rings (SSSR count). The number of carbonyl (C=O) groups excluding carboxylic acids is 1. The molecule has 124 valence electrons. The zero-order valence-electron chi connectivity index (χ0n) is 12.7. The predicted octanol–water partition coefficient (Wildman–Crippen LogP) is 3.76. The van der Waals surface area contributed by atoms with E-state index >= 15 is 0 Å². The number of anilines is 1. The lowest BCUT2D eigenvalue weighted by Crippen LogP contribution is -2.51. The number of benzene rings is 2. The molecule has 6 nitrogen and oxygen atoms in total. The molecule has 1 unspecified atom stereocenters. The van der Waals surface area contributed by atoms with Crippen LogP contribution in [0.15, 0.2) is 48.5 Å². The number of carboxylic acid groups (broad SMARTS) is 1. The summed E-state index contributed by atoms with van der Waals surface area (Å²) in [6.45, 7) is -0.107. The predicted molar refractivity (Wildman–Crippen MR) is 91.8 cm³/mol. The Balaban J connectivity index is 1.95. The molecule has 24 heavy (non-hydrogen) atoms. The van der Waals surface area contributed by atoms with Crippen LogP contribution in [0.25, 0.3) is 0 Å². The van der Waals surface area contributed by atoms with E-state index in [1.54, 1.807) is 48.5 Å². The second-order valence-corrected chi connectivity index (χ2v) is 6.03. The molecule has 1 aliphatic heterocycles. The number of quaternary nitrogens is 1. The second kappa shape index (κ2) is 6.24. The first-order valence-electron chi connectivity index (χ1n) is 7.39. The van der Waals surface area contributed by atoms with E-state index in [4.69, 9.17) is 16.7 Å². The summed E-state index contributed by atoms with van der Waals surface area (Å²) in [7, 11) is 0. The number of hydrogen-bond donors (Lipinski definition) is 1. The first-order valence-corrected chi connectivity index (χ1v) is 7.76. The van der Waals surface area contributed by atoms with Crippen LogP contribution in [0.1, 0.15) is 12.0 Å². The summed E-state index contributed by atoms with van der Waals surface area (Å²) < 4.78 is -1.28. The van der Waals surface area contributed by atoms with Gasteiger partial charge < -0.3 is 10.3 Å². The number of halogens is 1. The normalized spacial score (nSPS) is 19.4. The van der Waals surface area contributed by atoms with Gasteiger partial charge in [0.1, 0.15) is 12.2 Å². The maximum absolute atomic E-state index is 13.1. The van der Waals surface area contributed by atoms with Crippen molar-refractivity contribution in [2.24, 2.45) is 0 Å². The Hall–Kier alpha value is -2.41. The first kappa shape index (κ1) is 16.4. The molecular weight excluding hydrogens is 332 g/mol. The number of aliphatic carboxylic acids is 1. The molecule has 0 saturated carbocycles. The van der Waals surface area contributed by atoms with Gasteiger partial charge in [-0.05, 0) is 23.8 Å². The molecule has 2 aromatic rings. The lowest BCUT2D eigenvalue weighted by molar-refractivity contribution is -0.137. The number of hydrogen-bond acceptors (Lipinski definition) is 3. The fourth-order valence-corrected chi connectivity index (χ4v) is 2.92. The van der Waals surface area contributed by atoms with Crippen LogP contribution in [-0.4, -0.2) is 23.7 Å². The minimum Gasteiger partial charge on any atom is -0.618 e. The topological polar surface area (TPSA) is 80.7 Å². The van der Waals surface area contributed by atoms with E-state index in [-0.39, 0.29) is 25.2 Å². The number of carboxylic acids is 1. The van der Waals surface area contributed by atoms with E-state index in [2.05, 4.69) is 0 Å². The van der Waals surface area contributed by atoms with E-state index < -0.39 is 16.6 Å². The van der Waals surface area contributed by atoms with Gasteiger partial charge in [-0.2, -0.15) is 0 Å². The number of carbonyl (C=O) groups is 2. The smallest absolute Gasteiger partial charge is 0.429 e. The van der Waals surface area contributed by atoms with Gasteiger partial charge in [-0.1, -0.05) is 35.9 Å². The molecule has 2 amide bonds. The van der Waals surface area contributed by atoms with Gasteiger partial charge in [0.05, 0.1) is 13.0 Å². The van der Waals surface area contributed by atoms with Crippen LogP contribution in [0.5, 0.6) is 0 Å². The summed E-state index contributed by atoms with van der Waals surface area (Å²) in [5, 5.41) is 22.5. The van der Waals surface area contributed by atoms with Crippen LogP contribution >= 0.6 is 11.6 Å². The highest BCUT2D eigenvalue weighted by atomic mass is 35.5. The van der Waals surface area contributed by atoms with E-state index in [0.717, 1.165) is 5.56 Å². The van der Waals surface area contributed by atoms with Gasteiger partial charge in [-0.15, -0.1) is 0 Å². The molecule has 0 aromatic heterocycles. The molecule has 2 aromatic carbocycles. The SMILES string of the molecule is O=C(O)CC[N+]1([O-])C(=O)N(Cc2ccc(Cl)cc2)c2ccccc21. The average Bonchev–Trinajstić information content (AvgIpc) is 2.78. The minimum absolute atomic E-state index is 0.225. The van der Waals surface area contributed by atoms with Gasteiger partial charge in [-0.3, -0.25) is 9.69 Å². The summed E-state index contributed by atoms with van der Waals surface area (Å²) >= 11 is 5.87. The number of nitrogens with zero attached hydrogens (tertiary/aromatic N) is 2. The Kier molecular flexibility index (Phi) is 4.28. The summed E-state index contributed by atoms with van der Waals surface area (Å²) in [6, 6.07) is 13.0. The molecule has 1 N–H and O–H groups in total. The second-order valence-electron chi connectivity index (χ2n) is 5.59. The van der Waals surface area contributed by atoms with Crippen LogP contribution in [0.3, 0.4) is 0 Å². The molecule has 0 saturated heterocycles. The minimum atomic E-state index is -1.28. The standard InChI is InChI=1S/C17H15ClN2O4/c18-13-7-5-12(6-8-13)11-19-14-3-1-2-4-15(14)20(24,17(19)23)10-9-16(21)22/h1-8H,9-11H2,(H,21,22). The maximum Gasteiger partial charge on any atom is 0.429 e. The summed E-state index contributed by atoms with van der Waals surface area (Å²) in [6.07, 6.45) is -0.377. The van der Waals surface area contributed by atoms with E-state index in [1.165, 1.54) is 4.90 Å². The maximum atomic E-state index is 13.1. The van der Waals surface area contributed by atoms with Crippen molar-refractivity contribution in [1.82, 2.24) is 4.65 Å². The van der Waals surface area contributed by atoms with Crippen molar-refractivity contribution >= 4 is 35.0 Å². The summed E-state index contributed by atoms with van der Waals surface area (Å²) in [4.78, 5) is 25.0. The quantitative estimate of drug-likeness (QED) is 0.660. The van der Waals surface area contributed by atoms with Gasteiger partial charge in [0.2, 0.25) is 0 Å².